The highest BCUT2D eigenvalue weighted by Crippen LogP contribution is 2.36. The molecule has 1 aromatic rings. The lowest BCUT2D eigenvalue weighted by Crippen LogP contribution is -2.30. The zero-order chi connectivity index (χ0) is 12.6. The highest BCUT2D eigenvalue weighted by molar-refractivity contribution is 5.88. The van der Waals surface area contributed by atoms with Crippen molar-refractivity contribution in [2.75, 3.05) is 0 Å². The van der Waals surface area contributed by atoms with Crippen LogP contribution in [-0.2, 0) is 0 Å². The number of carboxylic acid groups (broad SMARTS) is 1. The zero-order valence-electron chi connectivity index (χ0n) is 10.0. The normalized spacial score (nSPS) is 15.9. The minimum atomic E-state index is -1.01. The summed E-state index contributed by atoms with van der Waals surface area (Å²) < 4.78 is 1.37. The van der Waals surface area contributed by atoms with Gasteiger partial charge in [-0.2, -0.15) is 4.98 Å². The summed E-state index contributed by atoms with van der Waals surface area (Å²) in [5.41, 5.74) is 0.278. The van der Waals surface area contributed by atoms with E-state index in [1.165, 1.54) is 10.8 Å². The van der Waals surface area contributed by atoms with E-state index in [2.05, 4.69) is 4.98 Å². The Hall–Kier alpha value is -1.65. The Bertz CT molecular complexity index is 501. The molecule has 0 spiro atoms. The first-order valence-corrected chi connectivity index (χ1v) is 5.87. The van der Waals surface area contributed by atoms with Crippen LogP contribution in [-0.4, -0.2) is 20.6 Å². The van der Waals surface area contributed by atoms with Gasteiger partial charge in [-0.1, -0.05) is 6.42 Å². The first kappa shape index (κ1) is 11.8. The van der Waals surface area contributed by atoms with Gasteiger partial charge in [-0.25, -0.2) is 9.59 Å². The predicted octanol–water partition coefficient (Wildman–Crippen LogP) is 1.79. The summed E-state index contributed by atoms with van der Waals surface area (Å²) in [6.07, 6.45) is 4.37. The summed E-state index contributed by atoms with van der Waals surface area (Å²) in [6.45, 7) is 3.66. The molecule has 1 aromatic heterocycles. The van der Waals surface area contributed by atoms with Crippen molar-refractivity contribution in [2.24, 2.45) is 0 Å². The highest BCUT2D eigenvalue weighted by Gasteiger charge is 2.27. The Balaban J connectivity index is 2.55. The van der Waals surface area contributed by atoms with Crippen LogP contribution in [0.1, 0.15) is 61.1 Å². The molecule has 0 radical (unpaired) electrons. The summed E-state index contributed by atoms with van der Waals surface area (Å²) in [7, 11) is 0. The second-order valence-electron chi connectivity index (χ2n) is 4.76. The molecule has 5 nitrogen and oxygen atoms in total. The number of hydrogen-bond donors (Lipinski definition) is 1. The van der Waals surface area contributed by atoms with Gasteiger partial charge >= 0.3 is 11.7 Å². The molecular weight excluding hydrogens is 220 g/mol. The molecule has 1 aliphatic carbocycles. The van der Waals surface area contributed by atoms with Crippen molar-refractivity contribution in [3.63, 3.8) is 0 Å². The van der Waals surface area contributed by atoms with E-state index < -0.39 is 5.97 Å². The van der Waals surface area contributed by atoms with Gasteiger partial charge in [0.1, 0.15) is 0 Å². The van der Waals surface area contributed by atoms with E-state index >= 15 is 0 Å². The third-order valence-corrected chi connectivity index (χ3v) is 3.26. The van der Waals surface area contributed by atoms with Crippen LogP contribution in [0, 0.1) is 0 Å². The number of hydrogen-bond acceptors (Lipinski definition) is 3. The number of carbonyl (C=O) groups is 1. The Labute approximate surface area is 99.1 Å². The van der Waals surface area contributed by atoms with E-state index in [-0.39, 0.29) is 23.2 Å². The summed E-state index contributed by atoms with van der Waals surface area (Å²) in [5.74, 6) is -0.857. The largest absolute Gasteiger partial charge is 0.478 e. The number of aromatic nitrogens is 2. The van der Waals surface area contributed by atoms with Crippen molar-refractivity contribution in [3.8, 4) is 0 Å². The van der Waals surface area contributed by atoms with Crippen molar-refractivity contribution < 1.29 is 9.90 Å². The van der Waals surface area contributed by atoms with Crippen LogP contribution >= 0.6 is 0 Å². The van der Waals surface area contributed by atoms with Crippen molar-refractivity contribution in [2.45, 2.75) is 45.1 Å². The minimum Gasteiger partial charge on any atom is -0.478 e. The number of carboxylic acids is 1. The van der Waals surface area contributed by atoms with Gasteiger partial charge in [0.2, 0.25) is 0 Å². The van der Waals surface area contributed by atoms with Crippen molar-refractivity contribution >= 4 is 5.97 Å². The highest BCUT2D eigenvalue weighted by atomic mass is 16.4. The molecule has 0 aromatic carbocycles. The van der Waals surface area contributed by atoms with Crippen molar-refractivity contribution in [3.05, 3.63) is 27.9 Å². The van der Waals surface area contributed by atoms with Crippen molar-refractivity contribution in [1.29, 1.82) is 0 Å². The predicted molar refractivity (Wildman–Crippen MR) is 62.4 cm³/mol. The maximum atomic E-state index is 11.8. The lowest BCUT2D eigenvalue weighted by molar-refractivity contribution is 0.0692. The first-order chi connectivity index (χ1) is 8.00. The van der Waals surface area contributed by atoms with Crippen LogP contribution < -0.4 is 5.69 Å². The molecular formula is C12H16N2O3. The van der Waals surface area contributed by atoms with Crippen LogP contribution in [0.25, 0.3) is 0 Å². The van der Waals surface area contributed by atoms with E-state index in [0.29, 0.717) is 5.69 Å². The molecule has 5 heteroatoms. The monoisotopic (exact) mass is 236 g/mol. The second-order valence-corrected chi connectivity index (χ2v) is 4.76. The van der Waals surface area contributed by atoms with Gasteiger partial charge < -0.3 is 5.11 Å². The molecule has 0 saturated heterocycles. The summed E-state index contributed by atoms with van der Waals surface area (Å²) in [4.78, 5) is 26.9. The fourth-order valence-electron chi connectivity index (χ4n) is 2.01. The molecule has 1 N–H and O–H groups in total. The molecule has 2 rings (SSSR count). The van der Waals surface area contributed by atoms with Gasteiger partial charge in [0.15, 0.2) is 0 Å². The fraction of sp³-hybridized carbons (Fsp3) is 0.583. The molecule has 92 valence electrons. The van der Waals surface area contributed by atoms with Gasteiger partial charge in [-0.05, 0) is 26.7 Å². The maximum Gasteiger partial charge on any atom is 0.348 e. The van der Waals surface area contributed by atoms with Crippen LogP contribution in [0.4, 0.5) is 0 Å². The lowest BCUT2D eigenvalue weighted by Gasteiger charge is -2.26. The Morgan fingerprint density at radius 2 is 2.18 bits per heavy atom. The quantitative estimate of drug-likeness (QED) is 0.868. The summed E-state index contributed by atoms with van der Waals surface area (Å²) in [5, 5.41) is 9.18. The smallest absolute Gasteiger partial charge is 0.348 e. The van der Waals surface area contributed by atoms with Gasteiger partial charge in [0, 0.05) is 18.2 Å². The third-order valence-electron chi connectivity index (χ3n) is 3.26. The van der Waals surface area contributed by atoms with Gasteiger partial charge in [-0.15, -0.1) is 0 Å². The molecule has 0 amide bonds. The van der Waals surface area contributed by atoms with Crippen LogP contribution in [0.5, 0.6) is 0 Å². The topological polar surface area (TPSA) is 72.2 Å². The average molecular weight is 236 g/mol. The first-order valence-electron chi connectivity index (χ1n) is 5.87. The van der Waals surface area contributed by atoms with Crippen LogP contribution in [0.2, 0.25) is 0 Å². The number of aromatic carboxylic acids is 1. The Morgan fingerprint density at radius 3 is 2.59 bits per heavy atom. The van der Waals surface area contributed by atoms with E-state index in [0.717, 1.165) is 19.3 Å². The fourth-order valence-corrected chi connectivity index (χ4v) is 2.01. The Kier molecular flexibility index (Phi) is 3.00. The molecule has 1 aliphatic rings. The molecule has 1 heterocycles. The lowest BCUT2D eigenvalue weighted by atomic mass is 9.81. The molecule has 0 aliphatic heterocycles. The number of nitrogens with zero attached hydrogens (tertiary/aromatic N) is 2. The summed E-state index contributed by atoms with van der Waals surface area (Å²) >= 11 is 0. The zero-order valence-corrected chi connectivity index (χ0v) is 10.0. The van der Waals surface area contributed by atoms with E-state index in [1.807, 2.05) is 13.8 Å². The van der Waals surface area contributed by atoms with E-state index in [4.69, 9.17) is 0 Å². The summed E-state index contributed by atoms with van der Waals surface area (Å²) in [6, 6.07) is -0.0801. The second kappa shape index (κ2) is 4.31. The average Bonchev–Trinajstić information content (AvgIpc) is 2.13. The molecule has 1 saturated carbocycles. The number of rotatable bonds is 3. The van der Waals surface area contributed by atoms with Crippen molar-refractivity contribution in [1.82, 2.24) is 9.55 Å². The Morgan fingerprint density at radius 1 is 1.53 bits per heavy atom. The van der Waals surface area contributed by atoms with Gasteiger partial charge in [0.05, 0.1) is 11.3 Å². The molecule has 0 bridgehead atoms. The maximum absolute atomic E-state index is 11.8. The SMILES string of the molecule is CC(C)n1cc(C(=O)O)c(C2CCC2)nc1=O. The molecule has 0 unspecified atom stereocenters. The standard InChI is InChI=1S/C12H16N2O3/c1-7(2)14-6-9(11(15)16)10(13-12(14)17)8-4-3-5-8/h6-8H,3-5H2,1-2H3,(H,15,16). The van der Waals surface area contributed by atoms with Gasteiger partial charge in [0.25, 0.3) is 0 Å². The minimum absolute atomic E-state index is 0.0801. The molecule has 0 atom stereocenters. The van der Waals surface area contributed by atoms with E-state index in [9.17, 15) is 14.7 Å². The van der Waals surface area contributed by atoms with Gasteiger partial charge in [-0.3, -0.25) is 4.57 Å². The third kappa shape index (κ3) is 2.09. The molecule has 1 fully saturated rings. The molecule has 17 heavy (non-hydrogen) atoms. The van der Waals surface area contributed by atoms with Crippen LogP contribution in [0.15, 0.2) is 11.0 Å². The van der Waals surface area contributed by atoms with E-state index in [1.54, 1.807) is 0 Å². The van der Waals surface area contributed by atoms with Crippen LogP contribution in [0.3, 0.4) is 0 Å².